The second-order valence-corrected chi connectivity index (χ2v) is 7.84. The number of nitrogens with zero attached hydrogens (tertiary/aromatic N) is 3. The van der Waals surface area contributed by atoms with Gasteiger partial charge in [-0.2, -0.15) is 5.10 Å². The fourth-order valence-electron chi connectivity index (χ4n) is 3.15. The van der Waals surface area contributed by atoms with E-state index < -0.39 is 0 Å². The monoisotopic (exact) mass is 414 g/mol. The Balaban J connectivity index is 1.45. The molecule has 0 aliphatic carbocycles. The Morgan fingerprint density at radius 3 is 2.60 bits per heavy atom. The van der Waals surface area contributed by atoms with Crippen molar-refractivity contribution in [2.75, 3.05) is 5.75 Å². The maximum Gasteiger partial charge on any atom is 0.250 e. The number of amides is 1. The van der Waals surface area contributed by atoms with Gasteiger partial charge in [0.1, 0.15) is 0 Å². The second-order valence-electron chi connectivity index (χ2n) is 6.89. The highest BCUT2D eigenvalue weighted by Gasteiger charge is 2.13. The third kappa shape index (κ3) is 4.78. The van der Waals surface area contributed by atoms with E-state index in [1.54, 1.807) is 6.21 Å². The number of benzene rings is 3. The Bertz CT molecular complexity index is 1180. The number of carbonyl (C=O) groups excluding carboxylic acids is 1. The zero-order valence-electron chi connectivity index (χ0n) is 16.7. The molecule has 4 aromatic rings. The van der Waals surface area contributed by atoms with Crippen LogP contribution in [0, 0.1) is 6.92 Å². The van der Waals surface area contributed by atoms with E-state index in [0.717, 1.165) is 27.3 Å². The smallest absolute Gasteiger partial charge is 0.250 e. The Hall–Kier alpha value is -3.38. The molecule has 0 saturated heterocycles. The molecule has 1 heterocycles. The first-order valence-electron chi connectivity index (χ1n) is 9.70. The van der Waals surface area contributed by atoms with Gasteiger partial charge in [-0.05, 0) is 35.7 Å². The fourth-order valence-corrected chi connectivity index (χ4v) is 3.96. The first kappa shape index (κ1) is 19.9. The standard InChI is InChI=1S/C24H22N4OS/c1-18-9-5-6-12-20(18)15-25-27-23(29)17-30-24-26-21-13-7-8-14-22(21)28(24)16-19-10-3-2-4-11-19/h2-15H,16-17H2,1H3,(H,27,29). The maximum absolute atomic E-state index is 12.3. The van der Waals surface area contributed by atoms with Gasteiger partial charge in [-0.1, -0.05) is 78.5 Å². The highest BCUT2D eigenvalue weighted by Crippen LogP contribution is 2.25. The Kier molecular flexibility index (Phi) is 6.25. The summed E-state index contributed by atoms with van der Waals surface area (Å²) >= 11 is 1.42. The summed E-state index contributed by atoms with van der Waals surface area (Å²) in [6.45, 7) is 2.72. The van der Waals surface area contributed by atoms with Crippen LogP contribution in [-0.4, -0.2) is 27.4 Å². The normalized spacial score (nSPS) is 11.2. The number of carbonyl (C=O) groups is 1. The molecule has 0 saturated carbocycles. The predicted molar refractivity (Wildman–Crippen MR) is 123 cm³/mol. The lowest BCUT2D eigenvalue weighted by Gasteiger charge is -2.09. The van der Waals surface area contributed by atoms with E-state index in [1.807, 2.05) is 67.6 Å². The van der Waals surface area contributed by atoms with Crippen molar-refractivity contribution in [1.82, 2.24) is 15.0 Å². The highest BCUT2D eigenvalue weighted by molar-refractivity contribution is 7.99. The van der Waals surface area contributed by atoms with E-state index in [9.17, 15) is 4.79 Å². The average Bonchev–Trinajstić information content (AvgIpc) is 3.12. The molecule has 1 aromatic heterocycles. The van der Waals surface area contributed by atoms with Gasteiger partial charge in [-0.25, -0.2) is 10.4 Å². The van der Waals surface area contributed by atoms with Gasteiger partial charge >= 0.3 is 0 Å². The molecule has 0 bridgehead atoms. The topological polar surface area (TPSA) is 59.3 Å². The van der Waals surface area contributed by atoms with Crippen molar-refractivity contribution in [2.24, 2.45) is 5.10 Å². The molecule has 0 fully saturated rings. The number of imidazole rings is 1. The highest BCUT2D eigenvalue weighted by atomic mass is 32.2. The number of hydrazone groups is 1. The number of aromatic nitrogens is 2. The molecule has 5 nitrogen and oxygen atoms in total. The van der Waals surface area contributed by atoms with Crippen LogP contribution >= 0.6 is 11.8 Å². The van der Waals surface area contributed by atoms with Crippen LogP contribution < -0.4 is 5.43 Å². The Morgan fingerprint density at radius 1 is 1.03 bits per heavy atom. The van der Waals surface area contributed by atoms with Gasteiger partial charge in [0, 0.05) is 0 Å². The molecule has 6 heteroatoms. The average molecular weight is 415 g/mol. The SMILES string of the molecule is Cc1ccccc1C=NNC(=O)CSc1nc2ccccc2n1Cc1ccccc1. The number of thioether (sulfide) groups is 1. The lowest BCUT2D eigenvalue weighted by molar-refractivity contribution is -0.118. The quantitative estimate of drug-likeness (QED) is 0.272. The van der Waals surface area contributed by atoms with Gasteiger partial charge in [0.15, 0.2) is 5.16 Å². The molecule has 0 radical (unpaired) electrons. The summed E-state index contributed by atoms with van der Waals surface area (Å²) in [6.07, 6.45) is 1.67. The van der Waals surface area contributed by atoms with Crippen molar-refractivity contribution in [3.63, 3.8) is 0 Å². The molecule has 0 aliphatic rings. The van der Waals surface area contributed by atoms with Gasteiger partial charge < -0.3 is 4.57 Å². The van der Waals surface area contributed by atoms with Gasteiger partial charge in [-0.15, -0.1) is 0 Å². The van der Waals surface area contributed by atoms with Gasteiger partial charge in [0.05, 0.1) is 29.5 Å². The lowest BCUT2D eigenvalue weighted by Crippen LogP contribution is -2.20. The summed E-state index contributed by atoms with van der Waals surface area (Å²) in [6, 6.07) is 26.2. The molecule has 1 amide bonds. The van der Waals surface area contributed by atoms with Crippen LogP contribution in [0.5, 0.6) is 0 Å². The minimum absolute atomic E-state index is 0.164. The summed E-state index contributed by atoms with van der Waals surface area (Å²) in [4.78, 5) is 17.0. The third-order valence-electron chi connectivity index (χ3n) is 4.72. The predicted octanol–water partition coefficient (Wildman–Crippen LogP) is 4.64. The minimum atomic E-state index is -0.164. The summed E-state index contributed by atoms with van der Waals surface area (Å²) in [5, 5.41) is 4.90. The summed E-state index contributed by atoms with van der Waals surface area (Å²) in [7, 11) is 0. The molecule has 150 valence electrons. The zero-order valence-corrected chi connectivity index (χ0v) is 17.5. The number of fused-ring (bicyclic) bond motifs is 1. The van der Waals surface area contributed by atoms with Crippen molar-refractivity contribution in [1.29, 1.82) is 0 Å². The number of rotatable bonds is 7. The van der Waals surface area contributed by atoms with Crippen LogP contribution in [-0.2, 0) is 11.3 Å². The molecule has 30 heavy (non-hydrogen) atoms. The van der Waals surface area contributed by atoms with Crippen molar-refractivity contribution in [3.05, 3.63) is 95.6 Å². The third-order valence-corrected chi connectivity index (χ3v) is 5.69. The van der Waals surface area contributed by atoms with E-state index in [0.29, 0.717) is 6.54 Å². The van der Waals surface area contributed by atoms with Crippen molar-refractivity contribution in [2.45, 2.75) is 18.6 Å². The van der Waals surface area contributed by atoms with Crippen molar-refractivity contribution in [3.8, 4) is 0 Å². The van der Waals surface area contributed by atoms with E-state index in [4.69, 9.17) is 4.98 Å². The van der Waals surface area contributed by atoms with Crippen LogP contribution in [0.15, 0.2) is 89.1 Å². The molecular formula is C24H22N4OS. The molecule has 3 aromatic carbocycles. The van der Waals surface area contributed by atoms with Crippen LogP contribution in [0.25, 0.3) is 11.0 Å². The molecule has 0 spiro atoms. The minimum Gasteiger partial charge on any atom is -0.314 e. The van der Waals surface area contributed by atoms with Crippen LogP contribution in [0.4, 0.5) is 0 Å². The number of para-hydroxylation sites is 2. The Morgan fingerprint density at radius 2 is 1.77 bits per heavy atom. The van der Waals surface area contributed by atoms with Crippen molar-refractivity contribution < 1.29 is 4.79 Å². The van der Waals surface area contributed by atoms with Crippen LogP contribution in [0.3, 0.4) is 0 Å². The number of hydrogen-bond donors (Lipinski definition) is 1. The summed E-state index contributed by atoms with van der Waals surface area (Å²) in [5.74, 6) is 0.0756. The van der Waals surface area contributed by atoms with Gasteiger partial charge in [0.25, 0.3) is 5.91 Å². The molecular weight excluding hydrogens is 392 g/mol. The fraction of sp³-hybridized carbons (Fsp3) is 0.125. The molecule has 0 unspecified atom stereocenters. The summed E-state index contributed by atoms with van der Waals surface area (Å²) in [5.41, 5.74) is 7.87. The number of hydrogen-bond acceptors (Lipinski definition) is 4. The van der Waals surface area contributed by atoms with Gasteiger partial charge in [0.2, 0.25) is 0 Å². The molecule has 1 N–H and O–H groups in total. The Labute approximate surface area is 179 Å². The van der Waals surface area contributed by atoms with Crippen LogP contribution in [0.1, 0.15) is 16.7 Å². The first-order chi connectivity index (χ1) is 14.7. The van der Waals surface area contributed by atoms with Crippen molar-refractivity contribution >= 4 is 34.9 Å². The van der Waals surface area contributed by atoms with Crippen LogP contribution in [0.2, 0.25) is 0 Å². The number of aryl methyl sites for hydroxylation is 1. The van der Waals surface area contributed by atoms with Gasteiger partial charge in [-0.3, -0.25) is 4.79 Å². The number of nitrogens with one attached hydrogen (secondary N) is 1. The largest absolute Gasteiger partial charge is 0.314 e. The second kappa shape index (κ2) is 9.41. The van der Waals surface area contributed by atoms with E-state index in [2.05, 4.69) is 33.3 Å². The summed E-state index contributed by atoms with van der Waals surface area (Å²) < 4.78 is 2.15. The van der Waals surface area contributed by atoms with E-state index >= 15 is 0 Å². The lowest BCUT2D eigenvalue weighted by atomic mass is 10.1. The molecule has 4 rings (SSSR count). The van der Waals surface area contributed by atoms with E-state index in [1.165, 1.54) is 17.3 Å². The molecule has 0 atom stereocenters. The molecule has 0 aliphatic heterocycles. The first-order valence-corrected chi connectivity index (χ1v) is 10.7. The zero-order chi connectivity index (χ0) is 20.8. The van der Waals surface area contributed by atoms with E-state index in [-0.39, 0.29) is 11.7 Å². The maximum atomic E-state index is 12.3.